The van der Waals surface area contributed by atoms with Crippen LogP contribution in [0, 0.1) is 5.92 Å². The highest BCUT2D eigenvalue weighted by atomic mass is 16.5. The van der Waals surface area contributed by atoms with E-state index in [4.69, 9.17) is 4.74 Å². The van der Waals surface area contributed by atoms with Gasteiger partial charge in [0.25, 0.3) is 0 Å². The van der Waals surface area contributed by atoms with Crippen LogP contribution in [0.2, 0.25) is 0 Å². The third-order valence-electron chi connectivity index (χ3n) is 2.72. The predicted octanol–water partition coefficient (Wildman–Crippen LogP) is 1.80. The van der Waals surface area contributed by atoms with Crippen LogP contribution in [-0.2, 0) is 4.74 Å². The van der Waals surface area contributed by atoms with Crippen LogP contribution in [0.5, 0.6) is 0 Å². The summed E-state index contributed by atoms with van der Waals surface area (Å²) in [5.74, 6) is 0.867. The van der Waals surface area contributed by atoms with E-state index in [1.807, 2.05) is 6.92 Å². The van der Waals surface area contributed by atoms with Crippen molar-refractivity contribution < 1.29 is 4.74 Å². The van der Waals surface area contributed by atoms with Crippen molar-refractivity contribution in [2.24, 2.45) is 5.92 Å². The first-order valence-corrected chi connectivity index (χ1v) is 5.15. The standard InChI is InChI=1S/C10H21NO/c1-3-12-8-7-11-10-6-4-5-9(10)2/h9-11H,3-8H2,1-2H3/t9-,10+/m0/s1. The van der Waals surface area contributed by atoms with Gasteiger partial charge in [0.1, 0.15) is 0 Å². The molecule has 1 fully saturated rings. The van der Waals surface area contributed by atoms with Gasteiger partial charge in [0.05, 0.1) is 6.61 Å². The van der Waals surface area contributed by atoms with Crippen molar-refractivity contribution >= 4 is 0 Å². The Morgan fingerprint density at radius 3 is 2.83 bits per heavy atom. The fourth-order valence-corrected chi connectivity index (χ4v) is 1.91. The molecule has 0 amide bonds. The fraction of sp³-hybridized carbons (Fsp3) is 1.00. The normalized spacial score (nSPS) is 29.5. The number of ether oxygens (including phenoxy) is 1. The first-order valence-electron chi connectivity index (χ1n) is 5.15. The summed E-state index contributed by atoms with van der Waals surface area (Å²) in [5, 5.41) is 3.54. The van der Waals surface area contributed by atoms with Crippen molar-refractivity contribution in [2.45, 2.75) is 39.2 Å². The molecule has 0 bridgehead atoms. The smallest absolute Gasteiger partial charge is 0.0590 e. The Morgan fingerprint density at radius 2 is 2.25 bits per heavy atom. The van der Waals surface area contributed by atoms with Gasteiger partial charge in [0, 0.05) is 19.2 Å². The second-order valence-electron chi connectivity index (χ2n) is 3.67. The first kappa shape index (κ1) is 10.0. The Hall–Kier alpha value is -0.0800. The van der Waals surface area contributed by atoms with Gasteiger partial charge in [-0.15, -0.1) is 0 Å². The molecule has 2 heteroatoms. The van der Waals surface area contributed by atoms with E-state index in [1.165, 1.54) is 19.3 Å². The highest BCUT2D eigenvalue weighted by Crippen LogP contribution is 2.24. The van der Waals surface area contributed by atoms with Gasteiger partial charge in [-0.05, 0) is 25.7 Å². The van der Waals surface area contributed by atoms with E-state index in [0.29, 0.717) is 0 Å². The van der Waals surface area contributed by atoms with Gasteiger partial charge in [0.2, 0.25) is 0 Å². The van der Waals surface area contributed by atoms with Crippen LogP contribution in [0.15, 0.2) is 0 Å². The molecule has 0 saturated heterocycles. The van der Waals surface area contributed by atoms with Crippen LogP contribution >= 0.6 is 0 Å². The van der Waals surface area contributed by atoms with Crippen LogP contribution in [-0.4, -0.2) is 25.8 Å². The second-order valence-corrected chi connectivity index (χ2v) is 3.67. The number of nitrogens with one attached hydrogen (secondary N) is 1. The van der Waals surface area contributed by atoms with Crippen LogP contribution < -0.4 is 5.32 Å². The third kappa shape index (κ3) is 3.11. The minimum Gasteiger partial charge on any atom is -0.380 e. The fourth-order valence-electron chi connectivity index (χ4n) is 1.91. The van der Waals surface area contributed by atoms with Crippen molar-refractivity contribution in [3.8, 4) is 0 Å². The van der Waals surface area contributed by atoms with Crippen LogP contribution in [0.3, 0.4) is 0 Å². The lowest BCUT2D eigenvalue weighted by Gasteiger charge is -2.16. The zero-order valence-corrected chi connectivity index (χ0v) is 8.31. The molecule has 0 aromatic heterocycles. The van der Waals surface area contributed by atoms with E-state index in [1.54, 1.807) is 0 Å². The van der Waals surface area contributed by atoms with E-state index < -0.39 is 0 Å². The Balaban J connectivity index is 1.98. The SMILES string of the molecule is CCOCCN[C@@H]1CCC[C@@H]1C. The summed E-state index contributed by atoms with van der Waals surface area (Å²) in [6.45, 7) is 7.09. The molecular formula is C10H21NO. The molecule has 2 atom stereocenters. The van der Waals surface area contributed by atoms with E-state index >= 15 is 0 Å². The second kappa shape index (κ2) is 5.55. The number of hydrogen-bond acceptors (Lipinski definition) is 2. The molecule has 0 heterocycles. The van der Waals surface area contributed by atoms with Crippen LogP contribution in [0.1, 0.15) is 33.1 Å². The first-order chi connectivity index (χ1) is 5.84. The van der Waals surface area contributed by atoms with E-state index in [9.17, 15) is 0 Å². The maximum atomic E-state index is 5.27. The highest BCUT2D eigenvalue weighted by molar-refractivity contribution is 4.79. The summed E-state index contributed by atoms with van der Waals surface area (Å²) in [4.78, 5) is 0. The molecule has 0 aromatic carbocycles. The molecule has 2 nitrogen and oxygen atoms in total. The van der Waals surface area contributed by atoms with Gasteiger partial charge in [-0.25, -0.2) is 0 Å². The number of rotatable bonds is 5. The molecule has 1 saturated carbocycles. The highest BCUT2D eigenvalue weighted by Gasteiger charge is 2.21. The molecular weight excluding hydrogens is 150 g/mol. The predicted molar refractivity (Wildman–Crippen MR) is 51.3 cm³/mol. The molecule has 1 aliphatic rings. The zero-order valence-electron chi connectivity index (χ0n) is 8.31. The zero-order chi connectivity index (χ0) is 8.81. The quantitative estimate of drug-likeness (QED) is 0.637. The molecule has 72 valence electrons. The summed E-state index contributed by atoms with van der Waals surface area (Å²) in [6, 6.07) is 0.755. The minimum atomic E-state index is 0.755. The van der Waals surface area contributed by atoms with Crippen LogP contribution in [0.4, 0.5) is 0 Å². The summed E-state index contributed by atoms with van der Waals surface area (Å²) in [7, 11) is 0. The van der Waals surface area contributed by atoms with E-state index in [-0.39, 0.29) is 0 Å². The average molecular weight is 171 g/mol. The molecule has 12 heavy (non-hydrogen) atoms. The maximum absolute atomic E-state index is 5.27. The Kier molecular flexibility index (Phi) is 4.62. The lowest BCUT2D eigenvalue weighted by atomic mass is 10.1. The third-order valence-corrected chi connectivity index (χ3v) is 2.72. The van der Waals surface area contributed by atoms with E-state index in [2.05, 4.69) is 12.2 Å². The minimum absolute atomic E-state index is 0.755. The molecule has 1 N–H and O–H groups in total. The molecule has 0 spiro atoms. The van der Waals surface area contributed by atoms with Crippen molar-refractivity contribution in [3.05, 3.63) is 0 Å². The molecule has 0 radical (unpaired) electrons. The van der Waals surface area contributed by atoms with Gasteiger partial charge in [-0.2, -0.15) is 0 Å². The van der Waals surface area contributed by atoms with Gasteiger partial charge in [-0.3, -0.25) is 0 Å². The summed E-state index contributed by atoms with van der Waals surface area (Å²) in [6.07, 6.45) is 4.15. The topological polar surface area (TPSA) is 21.3 Å². The summed E-state index contributed by atoms with van der Waals surface area (Å²) < 4.78 is 5.27. The molecule has 0 aromatic rings. The largest absolute Gasteiger partial charge is 0.380 e. The van der Waals surface area contributed by atoms with E-state index in [0.717, 1.165) is 31.7 Å². The monoisotopic (exact) mass is 171 g/mol. The van der Waals surface area contributed by atoms with Crippen molar-refractivity contribution in [2.75, 3.05) is 19.8 Å². The average Bonchev–Trinajstić information content (AvgIpc) is 2.46. The van der Waals surface area contributed by atoms with Crippen molar-refractivity contribution in [1.29, 1.82) is 0 Å². The number of hydrogen-bond donors (Lipinski definition) is 1. The maximum Gasteiger partial charge on any atom is 0.0590 e. The summed E-state index contributed by atoms with van der Waals surface area (Å²) in [5.41, 5.74) is 0. The van der Waals surface area contributed by atoms with Gasteiger partial charge in [0.15, 0.2) is 0 Å². The van der Waals surface area contributed by atoms with Gasteiger partial charge in [-0.1, -0.05) is 13.3 Å². The molecule has 1 rings (SSSR count). The summed E-state index contributed by atoms with van der Waals surface area (Å²) >= 11 is 0. The van der Waals surface area contributed by atoms with Crippen molar-refractivity contribution in [3.63, 3.8) is 0 Å². The lowest BCUT2D eigenvalue weighted by Crippen LogP contribution is -2.33. The van der Waals surface area contributed by atoms with Gasteiger partial charge < -0.3 is 10.1 Å². The van der Waals surface area contributed by atoms with Crippen molar-refractivity contribution in [1.82, 2.24) is 5.32 Å². The lowest BCUT2D eigenvalue weighted by molar-refractivity contribution is 0.145. The Morgan fingerprint density at radius 1 is 1.42 bits per heavy atom. The molecule has 1 aliphatic carbocycles. The van der Waals surface area contributed by atoms with Gasteiger partial charge >= 0.3 is 0 Å². The Bertz CT molecular complexity index is 116. The van der Waals surface area contributed by atoms with Crippen LogP contribution in [0.25, 0.3) is 0 Å². The molecule has 0 unspecified atom stereocenters. The Labute approximate surface area is 75.7 Å². The molecule has 0 aliphatic heterocycles.